The molecular weight excluding hydrogens is 270 g/mol. The third-order valence-electron chi connectivity index (χ3n) is 3.34. The first-order valence-corrected chi connectivity index (χ1v) is 6.82. The van der Waals surface area contributed by atoms with Crippen molar-refractivity contribution in [2.24, 2.45) is 0 Å². The minimum atomic E-state index is -0.316. The van der Waals surface area contributed by atoms with Crippen LogP contribution in [-0.2, 0) is 16.1 Å². The van der Waals surface area contributed by atoms with Gasteiger partial charge in [0.15, 0.2) is 5.65 Å². The average Bonchev–Trinajstić information content (AvgIpc) is 2.97. The van der Waals surface area contributed by atoms with Crippen LogP contribution in [0.15, 0.2) is 41.5 Å². The van der Waals surface area contributed by atoms with Crippen LogP contribution in [0.25, 0.3) is 16.7 Å². The Morgan fingerprint density at radius 3 is 2.90 bits per heavy atom. The van der Waals surface area contributed by atoms with E-state index in [0.29, 0.717) is 17.8 Å². The maximum Gasteiger partial charge on any atom is 0.307 e. The molecule has 6 heteroatoms. The highest BCUT2D eigenvalue weighted by atomic mass is 16.5. The normalized spacial score (nSPS) is 11.1. The molecule has 0 amide bonds. The lowest BCUT2D eigenvalue weighted by atomic mass is 10.3. The predicted molar refractivity (Wildman–Crippen MR) is 78.2 cm³/mol. The molecule has 3 aromatic rings. The summed E-state index contributed by atoms with van der Waals surface area (Å²) in [6, 6.07) is 7.30. The van der Waals surface area contributed by atoms with Crippen molar-refractivity contribution in [3.05, 3.63) is 47.0 Å². The minimum absolute atomic E-state index is 0.149. The number of hydrogen-bond donors (Lipinski definition) is 0. The summed E-state index contributed by atoms with van der Waals surface area (Å²) in [6.45, 7) is 2.35. The van der Waals surface area contributed by atoms with Gasteiger partial charge < -0.3 is 9.14 Å². The van der Waals surface area contributed by atoms with E-state index in [2.05, 4.69) is 4.98 Å². The van der Waals surface area contributed by atoms with E-state index in [1.54, 1.807) is 19.2 Å². The number of nitrogens with zero attached hydrogens (tertiary/aromatic N) is 3. The number of ether oxygens (including phenoxy) is 1. The maximum atomic E-state index is 12.5. The molecule has 0 saturated heterocycles. The number of carbonyl (C=O) groups is 1. The summed E-state index contributed by atoms with van der Waals surface area (Å²) in [6.07, 6.45) is 3.62. The number of esters is 1. The third-order valence-corrected chi connectivity index (χ3v) is 3.34. The van der Waals surface area contributed by atoms with Gasteiger partial charge in [0, 0.05) is 18.9 Å². The number of fused-ring (bicyclic) bond motifs is 3. The van der Waals surface area contributed by atoms with Gasteiger partial charge in [0.2, 0.25) is 0 Å². The van der Waals surface area contributed by atoms with Crippen LogP contribution < -0.4 is 5.56 Å². The molecule has 21 heavy (non-hydrogen) atoms. The van der Waals surface area contributed by atoms with Crippen LogP contribution in [0, 0.1) is 0 Å². The lowest BCUT2D eigenvalue weighted by Crippen LogP contribution is -2.25. The van der Waals surface area contributed by atoms with Crippen molar-refractivity contribution in [2.45, 2.75) is 19.9 Å². The predicted octanol–water partition coefficient (Wildman–Crippen LogP) is 1.60. The zero-order valence-corrected chi connectivity index (χ0v) is 11.7. The Hall–Kier alpha value is -2.63. The van der Waals surface area contributed by atoms with E-state index in [0.717, 1.165) is 5.52 Å². The van der Waals surface area contributed by atoms with Crippen LogP contribution in [0.3, 0.4) is 0 Å². The van der Waals surface area contributed by atoms with Crippen molar-refractivity contribution >= 4 is 22.6 Å². The lowest BCUT2D eigenvalue weighted by molar-refractivity contribution is -0.143. The first-order chi connectivity index (χ1) is 10.2. The Labute approximate surface area is 120 Å². The quantitative estimate of drug-likeness (QED) is 0.683. The number of hydrogen-bond acceptors (Lipinski definition) is 4. The Morgan fingerprint density at radius 1 is 1.29 bits per heavy atom. The zero-order chi connectivity index (χ0) is 14.8. The van der Waals surface area contributed by atoms with E-state index in [4.69, 9.17) is 4.74 Å². The van der Waals surface area contributed by atoms with Gasteiger partial charge in [0.05, 0.1) is 18.5 Å². The maximum absolute atomic E-state index is 12.5. The second-order valence-electron chi connectivity index (χ2n) is 4.62. The van der Waals surface area contributed by atoms with Gasteiger partial charge in [-0.1, -0.05) is 0 Å². The van der Waals surface area contributed by atoms with Crippen LogP contribution >= 0.6 is 0 Å². The van der Waals surface area contributed by atoms with Crippen LogP contribution in [0.4, 0.5) is 0 Å². The molecule has 0 spiro atoms. The first-order valence-electron chi connectivity index (χ1n) is 6.82. The molecule has 0 fully saturated rings. The van der Waals surface area contributed by atoms with Crippen LogP contribution in [0.1, 0.15) is 13.3 Å². The second kappa shape index (κ2) is 5.40. The molecule has 3 heterocycles. The van der Waals surface area contributed by atoms with Crippen molar-refractivity contribution in [1.82, 2.24) is 14.0 Å². The number of aromatic nitrogens is 3. The Kier molecular flexibility index (Phi) is 3.43. The molecule has 3 aromatic heterocycles. The van der Waals surface area contributed by atoms with Gasteiger partial charge in [0.25, 0.3) is 5.56 Å². The number of pyridine rings is 1. The molecule has 0 atom stereocenters. The van der Waals surface area contributed by atoms with Gasteiger partial charge in [-0.3, -0.25) is 14.2 Å². The molecule has 0 aromatic carbocycles. The fourth-order valence-corrected chi connectivity index (χ4v) is 2.43. The summed E-state index contributed by atoms with van der Waals surface area (Å²) >= 11 is 0. The molecule has 0 aliphatic rings. The smallest absolute Gasteiger partial charge is 0.307 e. The molecule has 0 bridgehead atoms. The Morgan fingerprint density at radius 2 is 2.10 bits per heavy atom. The zero-order valence-electron chi connectivity index (χ0n) is 11.7. The van der Waals surface area contributed by atoms with Gasteiger partial charge in [-0.2, -0.15) is 0 Å². The van der Waals surface area contributed by atoms with E-state index in [9.17, 15) is 9.59 Å². The average molecular weight is 285 g/mol. The van der Waals surface area contributed by atoms with Crippen molar-refractivity contribution < 1.29 is 9.53 Å². The van der Waals surface area contributed by atoms with Gasteiger partial charge in [0.1, 0.15) is 5.52 Å². The summed E-state index contributed by atoms with van der Waals surface area (Å²) in [7, 11) is 0. The topological polar surface area (TPSA) is 65.6 Å². The second-order valence-corrected chi connectivity index (χ2v) is 4.62. The largest absolute Gasteiger partial charge is 0.466 e. The van der Waals surface area contributed by atoms with Gasteiger partial charge in [-0.25, -0.2) is 4.98 Å². The highest BCUT2D eigenvalue weighted by Gasteiger charge is 2.12. The van der Waals surface area contributed by atoms with Crippen LogP contribution in [0.5, 0.6) is 0 Å². The fourth-order valence-electron chi connectivity index (χ4n) is 2.43. The van der Waals surface area contributed by atoms with Gasteiger partial charge in [-0.05, 0) is 31.2 Å². The molecule has 0 N–H and O–H groups in total. The molecule has 3 rings (SSSR count). The van der Waals surface area contributed by atoms with Crippen molar-refractivity contribution in [3.8, 4) is 0 Å². The molecule has 0 aliphatic carbocycles. The lowest BCUT2D eigenvalue weighted by Gasteiger charge is -2.11. The molecule has 0 unspecified atom stereocenters. The fraction of sp³-hybridized carbons (Fsp3) is 0.267. The molecule has 6 nitrogen and oxygen atoms in total. The Balaban J connectivity index is 2.13. The van der Waals surface area contributed by atoms with Gasteiger partial charge >= 0.3 is 5.97 Å². The first kappa shape index (κ1) is 13.4. The van der Waals surface area contributed by atoms with Crippen LogP contribution in [0.2, 0.25) is 0 Å². The molecular formula is C15H15N3O3. The number of rotatable bonds is 4. The summed E-state index contributed by atoms with van der Waals surface area (Å²) in [5, 5.41) is 0. The van der Waals surface area contributed by atoms with E-state index in [1.807, 2.05) is 28.8 Å². The van der Waals surface area contributed by atoms with Crippen LogP contribution in [-0.4, -0.2) is 26.5 Å². The minimum Gasteiger partial charge on any atom is -0.466 e. The molecule has 0 radical (unpaired) electrons. The molecule has 0 saturated carbocycles. The SMILES string of the molecule is CCOC(=O)CCn1c(=O)c2cccn2c2cccnc21. The summed E-state index contributed by atoms with van der Waals surface area (Å²) in [5.74, 6) is -0.316. The monoisotopic (exact) mass is 285 g/mol. The highest BCUT2D eigenvalue weighted by Crippen LogP contribution is 2.13. The number of aryl methyl sites for hydroxylation is 1. The molecule has 0 aliphatic heterocycles. The van der Waals surface area contributed by atoms with E-state index in [1.165, 1.54) is 4.57 Å². The standard InChI is InChI=1S/C15H15N3O3/c1-2-21-13(19)7-10-18-14-11(5-3-8-16-14)17-9-4-6-12(17)15(18)20/h3-6,8-9H,2,7,10H2,1H3. The Bertz CT molecular complexity index is 863. The van der Waals surface area contributed by atoms with E-state index in [-0.39, 0.29) is 24.5 Å². The van der Waals surface area contributed by atoms with Gasteiger partial charge in [-0.15, -0.1) is 0 Å². The summed E-state index contributed by atoms with van der Waals surface area (Å²) in [4.78, 5) is 28.3. The summed E-state index contributed by atoms with van der Waals surface area (Å²) in [5.41, 5.74) is 1.81. The van der Waals surface area contributed by atoms with Crippen molar-refractivity contribution in [1.29, 1.82) is 0 Å². The van der Waals surface area contributed by atoms with Crippen molar-refractivity contribution in [2.75, 3.05) is 6.61 Å². The van der Waals surface area contributed by atoms with E-state index >= 15 is 0 Å². The number of carbonyl (C=O) groups excluding carboxylic acids is 1. The third kappa shape index (κ3) is 2.29. The van der Waals surface area contributed by atoms with E-state index < -0.39 is 0 Å². The van der Waals surface area contributed by atoms with Crippen molar-refractivity contribution in [3.63, 3.8) is 0 Å². The summed E-state index contributed by atoms with van der Waals surface area (Å²) < 4.78 is 8.25. The highest BCUT2D eigenvalue weighted by molar-refractivity contribution is 5.75. The molecule has 108 valence electrons.